The molecule has 8 heteroatoms. The maximum Gasteiger partial charge on any atom is 0.343 e. The fourth-order valence-corrected chi connectivity index (χ4v) is 3.23. The third kappa shape index (κ3) is 5.29. The molecule has 3 aromatic carbocycles. The van der Waals surface area contributed by atoms with Crippen LogP contribution in [0, 0.1) is 0 Å². The number of rotatable bonds is 5. The Hall–Kier alpha value is -3.65. The number of amides is 1. The minimum absolute atomic E-state index is 0.0966. The highest BCUT2D eigenvalue weighted by atomic mass is 79.9. The number of fused-ring (bicyclic) bond motifs is 1. The van der Waals surface area contributed by atoms with Gasteiger partial charge >= 0.3 is 5.97 Å². The van der Waals surface area contributed by atoms with Crippen molar-refractivity contribution in [2.45, 2.75) is 6.10 Å². The summed E-state index contributed by atoms with van der Waals surface area (Å²) in [7, 11) is 0. The second kappa shape index (κ2) is 9.44. The van der Waals surface area contributed by atoms with Gasteiger partial charge < -0.3 is 14.2 Å². The predicted octanol–water partition coefficient (Wildman–Crippen LogP) is 3.96. The van der Waals surface area contributed by atoms with Crippen molar-refractivity contribution in [1.82, 2.24) is 5.43 Å². The molecule has 1 N–H and O–H groups in total. The minimum atomic E-state index is -0.801. The van der Waals surface area contributed by atoms with E-state index in [2.05, 4.69) is 26.5 Å². The summed E-state index contributed by atoms with van der Waals surface area (Å²) < 4.78 is 17.4. The molecular formula is C23H17BrN2O5. The zero-order valence-corrected chi connectivity index (χ0v) is 17.7. The molecule has 0 aliphatic carbocycles. The van der Waals surface area contributed by atoms with E-state index in [9.17, 15) is 9.59 Å². The number of para-hydroxylation sites is 2. The van der Waals surface area contributed by atoms with Gasteiger partial charge in [0.05, 0.1) is 11.8 Å². The maximum absolute atomic E-state index is 12.3. The fourth-order valence-electron chi connectivity index (χ4n) is 2.83. The molecule has 0 radical (unpaired) electrons. The van der Waals surface area contributed by atoms with E-state index in [4.69, 9.17) is 14.2 Å². The van der Waals surface area contributed by atoms with Gasteiger partial charge in [-0.2, -0.15) is 5.10 Å². The first-order valence-corrected chi connectivity index (χ1v) is 10.2. The average Bonchev–Trinajstić information content (AvgIpc) is 2.79. The maximum atomic E-state index is 12.3. The Morgan fingerprint density at radius 1 is 1.03 bits per heavy atom. The van der Waals surface area contributed by atoms with E-state index in [-0.39, 0.29) is 6.61 Å². The van der Waals surface area contributed by atoms with Crippen LogP contribution < -0.4 is 19.6 Å². The lowest BCUT2D eigenvalue weighted by Gasteiger charge is -2.24. The van der Waals surface area contributed by atoms with E-state index in [0.717, 1.165) is 4.47 Å². The average molecular weight is 481 g/mol. The summed E-state index contributed by atoms with van der Waals surface area (Å²) in [4.78, 5) is 24.6. The van der Waals surface area contributed by atoms with E-state index in [1.807, 2.05) is 12.1 Å². The lowest BCUT2D eigenvalue weighted by Crippen LogP contribution is -2.42. The second-order valence-corrected chi connectivity index (χ2v) is 7.49. The van der Waals surface area contributed by atoms with Crippen molar-refractivity contribution in [2.24, 2.45) is 5.10 Å². The number of nitrogens with one attached hydrogen (secondary N) is 1. The Morgan fingerprint density at radius 3 is 2.68 bits per heavy atom. The van der Waals surface area contributed by atoms with Crippen LogP contribution in [0.1, 0.15) is 15.9 Å². The van der Waals surface area contributed by atoms with Crippen molar-refractivity contribution >= 4 is 34.0 Å². The molecule has 0 unspecified atom stereocenters. The highest BCUT2D eigenvalue weighted by Crippen LogP contribution is 2.30. The van der Waals surface area contributed by atoms with Gasteiger partial charge in [-0.05, 0) is 48.0 Å². The van der Waals surface area contributed by atoms with Gasteiger partial charge in [-0.15, -0.1) is 0 Å². The van der Waals surface area contributed by atoms with Gasteiger partial charge in [-0.1, -0.05) is 46.3 Å². The molecule has 3 aromatic rings. The summed E-state index contributed by atoms with van der Waals surface area (Å²) >= 11 is 3.33. The molecule has 0 fully saturated rings. The number of hydrogen-bond acceptors (Lipinski definition) is 6. The molecule has 31 heavy (non-hydrogen) atoms. The van der Waals surface area contributed by atoms with E-state index in [1.165, 1.54) is 6.21 Å². The summed E-state index contributed by atoms with van der Waals surface area (Å²) in [5.74, 6) is 0.574. The number of halogens is 1. The number of carbonyl (C=O) groups excluding carboxylic acids is 2. The van der Waals surface area contributed by atoms with Gasteiger partial charge in [-0.25, -0.2) is 10.2 Å². The van der Waals surface area contributed by atoms with Crippen molar-refractivity contribution in [3.63, 3.8) is 0 Å². The third-order valence-electron chi connectivity index (χ3n) is 4.32. The summed E-state index contributed by atoms with van der Waals surface area (Å²) in [6, 6.07) is 20.9. The minimum Gasteiger partial charge on any atom is -0.485 e. The van der Waals surface area contributed by atoms with Gasteiger partial charge in [0.25, 0.3) is 5.91 Å². The Balaban J connectivity index is 1.34. The summed E-state index contributed by atoms with van der Waals surface area (Å²) in [5, 5.41) is 3.96. The number of esters is 1. The van der Waals surface area contributed by atoms with Crippen LogP contribution in [0.15, 0.2) is 82.4 Å². The van der Waals surface area contributed by atoms with E-state index in [0.29, 0.717) is 28.4 Å². The van der Waals surface area contributed by atoms with Crippen LogP contribution in [0.5, 0.6) is 17.2 Å². The number of hydrazone groups is 1. The molecular weight excluding hydrogens is 464 g/mol. The molecule has 0 saturated heterocycles. The standard InChI is InChI=1S/C23H17BrN2O5/c24-17-7-4-6-16(12-17)23(28)30-18-8-3-5-15(11-18)13-25-26-22(27)21-14-29-19-9-1-2-10-20(19)31-21/h1-13,21H,14H2,(H,26,27)/t21-/m0/s1. The van der Waals surface area contributed by atoms with Crippen molar-refractivity contribution in [3.8, 4) is 17.2 Å². The Kier molecular flexibility index (Phi) is 6.28. The molecule has 0 bridgehead atoms. The summed E-state index contributed by atoms with van der Waals surface area (Å²) in [6.07, 6.45) is 0.649. The molecule has 1 atom stereocenters. The molecule has 1 heterocycles. The largest absolute Gasteiger partial charge is 0.485 e. The Morgan fingerprint density at radius 2 is 1.84 bits per heavy atom. The van der Waals surface area contributed by atoms with Crippen LogP contribution in [-0.2, 0) is 4.79 Å². The van der Waals surface area contributed by atoms with Gasteiger partial charge in [0.15, 0.2) is 11.5 Å². The number of nitrogens with zero attached hydrogens (tertiary/aromatic N) is 1. The Bertz CT molecular complexity index is 1150. The topological polar surface area (TPSA) is 86.2 Å². The smallest absolute Gasteiger partial charge is 0.343 e. The molecule has 4 rings (SSSR count). The third-order valence-corrected chi connectivity index (χ3v) is 4.81. The molecule has 0 saturated carbocycles. The first kappa shape index (κ1) is 20.6. The van der Waals surface area contributed by atoms with Crippen LogP contribution in [0.2, 0.25) is 0 Å². The molecule has 0 aromatic heterocycles. The highest BCUT2D eigenvalue weighted by molar-refractivity contribution is 9.10. The first-order chi connectivity index (χ1) is 15.1. The summed E-state index contributed by atoms with van der Waals surface area (Å²) in [5.41, 5.74) is 3.51. The molecule has 7 nitrogen and oxygen atoms in total. The molecule has 1 aliphatic heterocycles. The van der Waals surface area contributed by atoms with Crippen LogP contribution in [0.3, 0.4) is 0 Å². The van der Waals surface area contributed by atoms with Gasteiger partial charge in [-0.3, -0.25) is 4.79 Å². The molecule has 1 amide bonds. The summed E-state index contributed by atoms with van der Waals surface area (Å²) in [6.45, 7) is 0.0966. The van der Waals surface area contributed by atoms with Gasteiger partial charge in [0.1, 0.15) is 12.4 Å². The van der Waals surface area contributed by atoms with Crippen molar-refractivity contribution in [3.05, 3.63) is 88.4 Å². The molecule has 156 valence electrons. The van der Waals surface area contributed by atoms with Crippen molar-refractivity contribution < 1.29 is 23.8 Å². The second-order valence-electron chi connectivity index (χ2n) is 6.57. The van der Waals surface area contributed by atoms with Crippen molar-refractivity contribution in [1.29, 1.82) is 0 Å². The quantitative estimate of drug-likeness (QED) is 0.258. The lowest BCUT2D eigenvalue weighted by atomic mass is 10.2. The number of hydrogen-bond donors (Lipinski definition) is 1. The zero-order valence-electron chi connectivity index (χ0n) is 16.2. The van der Waals surface area contributed by atoms with Crippen LogP contribution in [-0.4, -0.2) is 30.8 Å². The first-order valence-electron chi connectivity index (χ1n) is 9.38. The highest BCUT2D eigenvalue weighted by Gasteiger charge is 2.26. The number of benzene rings is 3. The van der Waals surface area contributed by atoms with Crippen LogP contribution in [0.25, 0.3) is 0 Å². The number of ether oxygens (including phenoxy) is 3. The SMILES string of the molecule is O=C(Oc1cccc(C=NNC(=O)[C@@H]2COc3ccccc3O2)c1)c1cccc(Br)c1. The van der Waals surface area contributed by atoms with E-state index >= 15 is 0 Å². The van der Waals surface area contributed by atoms with Gasteiger partial charge in [0, 0.05) is 4.47 Å². The normalized spacial score (nSPS) is 14.8. The van der Waals surface area contributed by atoms with Crippen molar-refractivity contribution in [2.75, 3.05) is 6.61 Å². The van der Waals surface area contributed by atoms with Crippen LogP contribution >= 0.6 is 15.9 Å². The Labute approximate surface area is 186 Å². The number of carbonyl (C=O) groups is 2. The monoisotopic (exact) mass is 480 g/mol. The van der Waals surface area contributed by atoms with Gasteiger partial charge in [0.2, 0.25) is 6.10 Å². The van der Waals surface area contributed by atoms with E-state index in [1.54, 1.807) is 60.7 Å². The fraction of sp³-hybridized carbons (Fsp3) is 0.0870. The predicted molar refractivity (Wildman–Crippen MR) is 118 cm³/mol. The lowest BCUT2D eigenvalue weighted by molar-refractivity contribution is -0.130. The van der Waals surface area contributed by atoms with E-state index < -0.39 is 18.0 Å². The van der Waals surface area contributed by atoms with Crippen LogP contribution in [0.4, 0.5) is 0 Å². The zero-order chi connectivity index (χ0) is 21.6. The molecule has 0 spiro atoms. The molecule has 1 aliphatic rings.